The molecule has 6 nitrogen and oxygen atoms in total. The van der Waals surface area contributed by atoms with E-state index in [2.05, 4.69) is 15.3 Å². The van der Waals surface area contributed by atoms with Gasteiger partial charge in [0.05, 0.1) is 36.9 Å². The summed E-state index contributed by atoms with van der Waals surface area (Å²) in [6.45, 7) is 2.64. The van der Waals surface area contributed by atoms with Gasteiger partial charge in [0.25, 0.3) is 5.91 Å². The van der Waals surface area contributed by atoms with E-state index in [4.69, 9.17) is 4.74 Å². The second kappa shape index (κ2) is 6.66. The van der Waals surface area contributed by atoms with Crippen LogP contribution in [0.5, 0.6) is 0 Å². The Morgan fingerprint density at radius 3 is 2.52 bits per heavy atom. The van der Waals surface area contributed by atoms with Gasteiger partial charge in [-0.25, -0.2) is 18.7 Å². The molecule has 0 unspecified atom stereocenters. The summed E-state index contributed by atoms with van der Waals surface area (Å²) >= 11 is 0. The van der Waals surface area contributed by atoms with E-state index in [9.17, 15) is 13.6 Å². The molecule has 1 N–H and O–H groups in total. The molecule has 0 bridgehead atoms. The summed E-state index contributed by atoms with van der Waals surface area (Å²) in [5.74, 6) is -1.81. The average molecular weight is 320 g/mol. The van der Waals surface area contributed by atoms with Crippen LogP contribution in [0.15, 0.2) is 30.6 Å². The van der Waals surface area contributed by atoms with Gasteiger partial charge in [-0.15, -0.1) is 0 Å². The van der Waals surface area contributed by atoms with E-state index >= 15 is 0 Å². The molecule has 0 atom stereocenters. The van der Waals surface area contributed by atoms with Crippen LogP contribution in [0.1, 0.15) is 10.4 Å². The van der Waals surface area contributed by atoms with Crippen molar-refractivity contribution >= 4 is 17.5 Å². The molecule has 120 valence electrons. The number of carbonyl (C=O) groups excluding carboxylic acids is 1. The standard InChI is InChI=1S/C15H14F2N4O2/c16-10-1-2-12(13(17)7-10)14(22)20-11-8-18-15(19-9-11)21-3-5-23-6-4-21/h1-2,7-9H,3-6H2,(H,20,22). The minimum absolute atomic E-state index is 0.247. The monoisotopic (exact) mass is 320 g/mol. The Morgan fingerprint density at radius 2 is 1.87 bits per heavy atom. The van der Waals surface area contributed by atoms with Gasteiger partial charge in [0.2, 0.25) is 5.95 Å². The van der Waals surface area contributed by atoms with Gasteiger partial charge in [0, 0.05) is 19.2 Å². The highest BCUT2D eigenvalue weighted by atomic mass is 19.1. The van der Waals surface area contributed by atoms with Crippen molar-refractivity contribution in [2.45, 2.75) is 0 Å². The van der Waals surface area contributed by atoms with E-state index < -0.39 is 17.5 Å². The molecule has 8 heteroatoms. The van der Waals surface area contributed by atoms with Crippen LogP contribution in [0.25, 0.3) is 0 Å². The Hall–Kier alpha value is -2.61. The molecule has 0 radical (unpaired) electrons. The number of ether oxygens (including phenoxy) is 1. The first-order valence-electron chi connectivity index (χ1n) is 7.04. The lowest BCUT2D eigenvalue weighted by atomic mass is 10.2. The number of hydrogen-bond donors (Lipinski definition) is 1. The van der Waals surface area contributed by atoms with Crippen LogP contribution < -0.4 is 10.2 Å². The maximum Gasteiger partial charge on any atom is 0.258 e. The van der Waals surface area contributed by atoms with Crippen molar-refractivity contribution in [2.24, 2.45) is 0 Å². The highest BCUT2D eigenvalue weighted by Gasteiger charge is 2.15. The topological polar surface area (TPSA) is 67.4 Å². The van der Waals surface area contributed by atoms with E-state index in [0.29, 0.717) is 44.0 Å². The smallest absolute Gasteiger partial charge is 0.258 e. The van der Waals surface area contributed by atoms with Crippen molar-refractivity contribution < 1.29 is 18.3 Å². The lowest BCUT2D eigenvalue weighted by molar-refractivity contribution is 0.102. The minimum Gasteiger partial charge on any atom is -0.378 e. The summed E-state index contributed by atoms with van der Waals surface area (Å²) in [5.41, 5.74) is 0.0828. The summed E-state index contributed by atoms with van der Waals surface area (Å²) in [5, 5.41) is 2.48. The van der Waals surface area contributed by atoms with Gasteiger partial charge >= 0.3 is 0 Å². The molecule has 3 rings (SSSR count). The van der Waals surface area contributed by atoms with Crippen LogP contribution in [0.3, 0.4) is 0 Å². The number of nitrogens with one attached hydrogen (secondary N) is 1. The summed E-state index contributed by atoms with van der Waals surface area (Å²) in [7, 11) is 0. The lowest BCUT2D eigenvalue weighted by Gasteiger charge is -2.26. The molecular formula is C15H14F2N4O2. The SMILES string of the molecule is O=C(Nc1cnc(N2CCOCC2)nc1)c1ccc(F)cc1F. The number of morpholine rings is 1. The molecule has 1 saturated heterocycles. The van der Waals surface area contributed by atoms with Gasteiger partial charge in [-0.05, 0) is 12.1 Å². The fourth-order valence-electron chi connectivity index (χ4n) is 2.18. The number of carbonyl (C=O) groups is 1. The molecule has 0 aliphatic carbocycles. The van der Waals surface area contributed by atoms with Gasteiger partial charge in [-0.3, -0.25) is 4.79 Å². The van der Waals surface area contributed by atoms with E-state index in [0.717, 1.165) is 12.1 Å². The zero-order valence-corrected chi connectivity index (χ0v) is 12.1. The Bertz CT molecular complexity index is 703. The number of benzene rings is 1. The van der Waals surface area contributed by atoms with E-state index in [-0.39, 0.29) is 5.56 Å². The van der Waals surface area contributed by atoms with Crippen molar-refractivity contribution in [1.82, 2.24) is 9.97 Å². The molecule has 1 aliphatic heterocycles. The van der Waals surface area contributed by atoms with Crippen LogP contribution in [-0.4, -0.2) is 42.2 Å². The van der Waals surface area contributed by atoms with Gasteiger partial charge in [-0.2, -0.15) is 0 Å². The molecular weight excluding hydrogens is 306 g/mol. The van der Waals surface area contributed by atoms with E-state index in [1.807, 2.05) is 4.90 Å². The normalized spacial score (nSPS) is 14.6. The molecule has 0 saturated carbocycles. The van der Waals surface area contributed by atoms with Crippen LogP contribution in [0.4, 0.5) is 20.4 Å². The number of anilines is 2. The maximum absolute atomic E-state index is 13.6. The highest BCUT2D eigenvalue weighted by Crippen LogP contribution is 2.14. The fourth-order valence-corrected chi connectivity index (χ4v) is 2.18. The van der Waals surface area contributed by atoms with Gasteiger partial charge in [0.15, 0.2) is 0 Å². The average Bonchev–Trinajstić information content (AvgIpc) is 2.56. The predicted octanol–water partition coefficient (Wildman–Crippen LogP) is 1.84. The van der Waals surface area contributed by atoms with Crippen LogP contribution in [-0.2, 0) is 4.74 Å². The number of aromatic nitrogens is 2. The van der Waals surface area contributed by atoms with Crippen molar-refractivity contribution in [3.05, 3.63) is 47.8 Å². The number of nitrogens with zero attached hydrogens (tertiary/aromatic N) is 3. The molecule has 2 aromatic rings. The lowest BCUT2D eigenvalue weighted by Crippen LogP contribution is -2.37. The molecule has 23 heavy (non-hydrogen) atoms. The highest BCUT2D eigenvalue weighted by molar-refractivity contribution is 6.04. The largest absolute Gasteiger partial charge is 0.378 e. The number of halogens is 2. The minimum atomic E-state index is -0.923. The number of hydrogen-bond acceptors (Lipinski definition) is 5. The second-order valence-electron chi connectivity index (χ2n) is 4.95. The van der Waals surface area contributed by atoms with Crippen molar-refractivity contribution in [2.75, 3.05) is 36.5 Å². The maximum atomic E-state index is 13.6. The van der Waals surface area contributed by atoms with Crippen LogP contribution in [0, 0.1) is 11.6 Å². The fraction of sp³-hybridized carbons (Fsp3) is 0.267. The Labute approximate surface area is 131 Å². The first-order valence-corrected chi connectivity index (χ1v) is 7.04. The first kappa shape index (κ1) is 15.3. The molecule has 1 aromatic heterocycles. The molecule has 2 heterocycles. The molecule has 1 aliphatic rings. The summed E-state index contributed by atoms with van der Waals surface area (Å²) < 4.78 is 31.7. The Morgan fingerprint density at radius 1 is 1.17 bits per heavy atom. The van der Waals surface area contributed by atoms with E-state index in [1.165, 1.54) is 12.4 Å². The first-order chi connectivity index (χ1) is 11.1. The van der Waals surface area contributed by atoms with Gasteiger partial charge in [0.1, 0.15) is 11.6 Å². The van der Waals surface area contributed by atoms with Gasteiger partial charge in [-0.1, -0.05) is 0 Å². The van der Waals surface area contributed by atoms with Crippen molar-refractivity contribution in [3.8, 4) is 0 Å². The van der Waals surface area contributed by atoms with Crippen LogP contribution in [0.2, 0.25) is 0 Å². The summed E-state index contributed by atoms with van der Waals surface area (Å²) in [6.07, 6.45) is 2.88. The summed E-state index contributed by atoms with van der Waals surface area (Å²) in [4.78, 5) is 22.3. The van der Waals surface area contributed by atoms with Gasteiger partial charge < -0.3 is 15.0 Å². The zero-order chi connectivity index (χ0) is 16.2. The van der Waals surface area contributed by atoms with E-state index in [1.54, 1.807) is 0 Å². The Balaban J connectivity index is 1.69. The molecule has 0 spiro atoms. The van der Waals surface area contributed by atoms with Crippen molar-refractivity contribution in [1.29, 1.82) is 0 Å². The van der Waals surface area contributed by atoms with Crippen LogP contribution >= 0.6 is 0 Å². The number of rotatable bonds is 3. The third-order valence-electron chi connectivity index (χ3n) is 3.37. The number of amides is 1. The third-order valence-corrected chi connectivity index (χ3v) is 3.37. The van der Waals surface area contributed by atoms with Crippen molar-refractivity contribution in [3.63, 3.8) is 0 Å². The second-order valence-corrected chi connectivity index (χ2v) is 4.95. The molecule has 1 aromatic carbocycles. The summed E-state index contributed by atoms with van der Waals surface area (Å²) in [6, 6.07) is 2.77. The third kappa shape index (κ3) is 3.59. The molecule has 1 amide bonds. The quantitative estimate of drug-likeness (QED) is 0.935. The molecule has 1 fully saturated rings. The zero-order valence-electron chi connectivity index (χ0n) is 12.1. The Kier molecular flexibility index (Phi) is 4.42. The predicted molar refractivity (Wildman–Crippen MR) is 79.4 cm³/mol.